The summed E-state index contributed by atoms with van der Waals surface area (Å²) in [6.45, 7) is 0.303. The molecular weight excluding hydrogens is 420 g/mol. The number of hydrogen-bond donors (Lipinski definition) is 1. The number of nitrogens with zero attached hydrogens (tertiary/aromatic N) is 2. The van der Waals surface area contributed by atoms with Crippen LogP contribution in [0.5, 0.6) is 23.1 Å². The summed E-state index contributed by atoms with van der Waals surface area (Å²) in [6, 6.07) is 11.7. The maximum atomic E-state index is 10.9. The summed E-state index contributed by atoms with van der Waals surface area (Å²) in [7, 11) is -4.60. The molecule has 0 saturated carbocycles. The van der Waals surface area contributed by atoms with Crippen LogP contribution >= 0.6 is 11.6 Å². The number of halogens is 1. The number of hydrogen-bond acceptors (Lipinski definition) is 7. The highest BCUT2D eigenvalue weighted by Crippen LogP contribution is 2.30. The van der Waals surface area contributed by atoms with Gasteiger partial charge in [0.15, 0.2) is 11.5 Å². The summed E-state index contributed by atoms with van der Waals surface area (Å²) >= 11 is 5.96. The van der Waals surface area contributed by atoms with E-state index >= 15 is 0 Å². The van der Waals surface area contributed by atoms with Gasteiger partial charge in [-0.25, -0.2) is 4.98 Å². The zero-order valence-electron chi connectivity index (χ0n) is 15.1. The molecule has 0 unspecified atom stereocenters. The lowest BCUT2D eigenvalue weighted by molar-refractivity contribution is 0.292. The lowest BCUT2D eigenvalue weighted by Gasteiger charge is -2.12. The highest BCUT2D eigenvalue weighted by molar-refractivity contribution is 7.81. The molecule has 0 fully saturated rings. The molecule has 3 rings (SSSR count). The van der Waals surface area contributed by atoms with Crippen molar-refractivity contribution in [2.75, 3.05) is 6.61 Å². The first kappa shape index (κ1) is 20.8. The lowest BCUT2D eigenvalue weighted by Crippen LogP contribution is -2.09. The van der Waals surface area contributed by atoms with Crippen molar-refractivity contribution in [2.24, 2.45) is 0 Å². The van der Waals surface area contributed by atoms with Crippen LogP contribution in [-0.2, 0) is 16.8 Å². The maximum Gasteiger partial charge on any atom is 0.446 e. The van der Waals surface area contributed by atoms with Crippen molar-refractivity contribution in [3.63, 3.8) is 0 Å². The van der Waals surface area contributed by atoms with Gasteiger partial charge in [0.25, 0.3) is 5.88 Å². The molecule has 0 radical (unpaired) electrons. The molecule has 0 saturated heterocycles. The van der Waals surface area contributed by atoms with E-state index in [-0.39, 0.29) is 5.75 Å². The fourth-order valence-corrected chi connectivity index (χ4v) is 3.02. The number of rotatable bonds is 9. The van der Waals surface area contributed by atoms with Crippen LogP contribution in [0.25, 0.3) is 0 Å². The Bertz CT molecular complexity index is 1080. The minimum absolute atomic E-state index is 0.0221. The summed E-state index contributed by atoms with van der Waals surface area (Å²) in [6.07, 6.45) is 5.37. The quantitative estimate of drug-likeness (QED) is 0.394. The van der Waals surface area contributed by atoms with Gasteiger partial charge in [-0.2, -0.15) is 8.42 Å². The van der Waals surface area contributed by atoms with Gasteiger partial charge in [-0.1, -0.05) is 17.7 Å². The molecule has 2 heterocycles. The van der Waals surface area contributed by atoms with Crippen LogP contribution in [0.1, 0.15) is 12.0 Å². The van der Waals surface area contributed by atoms with Crippen LogP contribution in [0.4, 0.5) is 0 Å². The van der Waals surface area contributed by atoms with E-state index in [0.29, 0.717) is 47.4 Å². The second-order valence-corrected chi connectivity index (χ2v) is 7.27. The van der Waals surface area contributed by atoms with E-state index in [0.717, 1.165) is 0 Å². The predicted octanol–water partition coefficient (Wildman–Crippen LogP) is 4.12. The van der Waals surface area contributed by atoms with Crippen molar-refractivity contribution < 1.29 is 26.6 Å². The molecule has 10 heteroatoms. The molecule has 0 aliphatic carbocycles. The average Bonchev–Trinajstić information content (AvgIpc) is 2.66. The van der Waals surface area contributed by atoms with Gasteiger partial charge in [0.05, 0.1) is 6.61 Å². The fourth-order valence-electron chi connectivity index (χ4n) is 2.45. The Morgan fingerprint density at radius 2 is 1.93 bits per heavy atom. The monoisotopic (exact) mass is 436 g/mol. The summed E-state index contributed by atoms with van der Waals surface area (Å²) in [5, 5.41) is 0.542. The van der Waals surface area contributed by atoms with Crippen LogP contribution in [-0.4, -0.2) is 29.5 Å². The number of pyridine rings is 2. The highest BCUT2D eigenvalue weighted by Gasteiger charge is 2.12. The van der Waals surface area contributed by atoms with E-state index in [4.69, 9.17) is 25.6 Å². The third-order valence-electron chi connectivity index (χ3n) is 3.65. The van der Waals surface area contributed by atoms with Crippen molar-refractivity contribution in [3.8, 4) is 23.1 Å². The van der Waals surface area contributed by atoms with Crippen LogP contribution in [0.15, 0.2) is 61.1 Å². The van der Waals surface area contributed by atoms with Crippen molar-refractivity contribution in [3.05, 3.63) is 71.6 Å². The van der Waals surface area contributed by atoms with Crippen LogP contribution in [0.2, 0.25) is 5.02 Å². The minimum atomic E-state index is -4.60. The number of aromatic nitrogens is 2. The summed E-state index contributed by atoms with van der Waals surface area (Å²) in [4.78, 5) is 8.12. The molecule has 1 aromatic carbocycles. The van der Waals surface area contributed by atoms with Crippen molar-refractivity contribution in [1.82, 2.24) is 9.97 Å². The van der Waals surface area contributed by atoms with E-state index in [2.05, 4.69) is 14.2 Å². The molecule has 152 valence electrons. The molecule has 0 bridgehead atoms. The molecule has 0 aliphatic rings. The first-order chi connectivity index (χ1) is 13.9. The normalized spacial score (nSPS) is 11.1. The molecule has 3 aromatic rings. The molecule has 0 atom stereocenters. The zero-order valence-corrected chi connectivity index (χ0v) is 16.6. The molecule has 2 aromatic heterocycles. The van der Waals surface area contributed by atoms with Crippen molar-refractivity contribution in [1.29, 1.82) is 0 Å². The predicted molar refractivity (Wildman–Crippen MR) is 106 cm³/mol. The highest BCUT2D eigenvalue weighted by atomic mass is 35.5. The van der Waals surface area contributed by atoms with Crippen LogP contribution in [0, 0.1) is 0 Å². The van der Waals surface area contributed by atoms with Gasteiger partial charge < -0.3 is 13.7 Å². The Morgan fingerprint density at radius 3 is 2.72 bits per heavy atom. The van der Waals surface area contributed by atoms with Gasteiger partial charge >= 0.3 is 10.4 Å². The minimum Gasteiger partial charge on any atom is -0.488 e. The lowest BCUT2D eigenvalue weighted by atomic mass is 10.1. The zero-order chi connectivity index (χ0) is 20.7. The number of benzene rings is 1. The Balaban J connectivity index is 1.59. The first-order valence-electron chi connectivity index (χ1n) is 8.52. The van der Waals surface area contributed by atoms with Gasteiger partial charge in [0.2, 0.25) is 0 Å². The fraction of sp³-hybridized carbons (Fsp3) is 0.158. The third kappa shape index (κ3) is 6.60. The average molecular weight is 437 g/mol. The molecular formula is C19H17ClN2O6S. The molecule has 0 spiro atoms. The topological polar surface area (TPSA) is 108 Å². The van der Waals surface area contributed by atoms with E-state index < -0.39 is 10.4 Å². The van der Waals surface area contributed by atoms with Crippen LogP contribution in [0.3, 0.4) is 0 Å². The Labute approximate surface area is 173 Å². The second kappa shape index (κ2) is 9.55. The van der Waals surface area contributed by atoms with Crippen molar-refractivity contribution >= 4 is 22.0 Å². The van der Waals surface area contributed by atoms with Gasteiger partial charge in [-0.05, 0) is 43.2 Å². The van der Waals surface area contributed by atoms with E-state index in [1.54, 1.807) is 42.6 Å². The molecule has 8 nitrogen and oxygen atoms in total. The Kier molecular flexibility index (Phi) is 6.86. The summed E-state index contributed by atoms with van der Waals surface area (Å²) in [5.41, 5.74) is 0.523. The summed E-state index contributed by atoms with van der Waals surface area (Å²) < 4.78 is 46.8. The van der Waals surface area contributed by atoms with E-state index in [9.17, 15) is 8.42 Å². The molecule has 1 N–H and O–H groups in total. The van der Waals surface area contributed by atoms with Crippen LogP contribution < -0.4 is 13.7 Å². The van der Waals surface area contributed by atoms with E-state index in [1.165, 1.54) is 18.5 Å². The third-order valence-corrected chi connectivity index (χ3v) is 4.27. The Hall–Kier alpha value is -2.88. The van der Waals surface area contributed by atoms with Crippen molar-refractivity contribution in [2.45, 2.75) is 12.8 Å². The van der Waals surface area contributed by atoms with Gasteiger partial charge in [-0.15, -0.1) is 0 Å². The number of ether oxygens (including phenoxy) is 2. The molecule has 29 heavy (non-hydrogen) atoms. The maximum absolute atomic E-state index is 10.9. The molecule has 0 aliphatic heterocycles. The van der Waals surface area contributed by atoms with Gasteiger partial charge in [0, 0.05) is 35.2 Å². The first-order valence-corrected chi connectivity index (χ1v) is 10.3. The van der Waals surface area contributed by atoms with Gasteiger partial charge in [0.1, 0.15) is 5.75 Å². The number of aryl methyl sites for hydroxylation is 1. The Morgan fingerprint density at radius 1 is 1.07 bits per heavy atom. The second-order valence-electron chi connectivity index (χ2n) is 5.81. The van der Waals surface area contributed by atoms with Gasteiger partial charge in [-0.3, -0.25) is 9.54 Å². The smallest absolute Gasteiger partial charge is 0.446 e. The summed E-state index contributed by atoms with van der Waals surface area (Å²) in [5.74, 6) is 1.30. The van der Waals surface area contributed by atoms with E-state index in [1.807, 2.05) is 0 Å². The standard InChI is InChI=1S/C19H17ClN2O6S/c20-15-5-1-6-16(12-15)27-19-18(7-2-9-22-19)26-11-3-4-14-13-21-10-8-17(14)28-29(23,24)25/h1-2,5-10,12-13H,3-4,11H2,(H,23,24,25). The SMILES string of the molecule is O=S(=O)(O)Oc1ccncc1CCCOc1cccnc1Oc1cccc(Cl)c1. The largest absolute Gasteiger partial charge is 0.488 e. The molecule has 0 amide bonds.